The summed E-state index contributed by atoms with van der Waals surface area (Å²) in [5, 5.41) is 0. The molecule has 1 aliphatic rings. The molecular weight excluding hydrogens is 176 g/mol. The van der Waals surface area contributed by atoms with Gasteiger partial charge in [0.25, 0.3) is 0 Å². The Morgan fingerprint density at radius 1 is 1.36 bits per heavy atom. The van der Waals surface area contributed by atoms with E-state index in [1.54, 1.807) is 0 Å². The van der Waals surface area contributed by atoms with Crippen molar-refractivity contribution >= 4 is 5.91 Å². The number of rotatable bonds is 3. The van der Waals surface area contributed by atoms with Gasteiger partial charge in [0, 0.05) is 24.5 Å². The Balaban J connectivity index is 2.74. The van der Waals surface area contributed by atoms with Crippen LogP contribution in [0.4, 0.5) is 0 Å². The molecule has 0 aliphatic carbocycles. The van der Waals surface area contributed by atoms with Crippen LogP contribution in [0.1, 0.15) is 40.5 Å². The molecule has 1 amide bonds. The van der Waals surface area contributed by atoms with Gasteiger partial charge >= 0.3 is 0 Å². The van der Waals surface area contributed by atoms with E-state index in [9.17, 15) is 4.79 Å². The highest BCUT2D eigenvalue weighted by molar-refractivity contribution is 5.79. The lowest BCUT2D eigenvalue weighted by Gasteiger charge is -2.34. The number of nitrogens with zero attached hydrogens (tertiary/aromatic N) is 1. The molecule has 0 radical (unpaired) electrons. The molecule has 0 bridgehead atoms. The Kier molecular flexibility index (Phi) is 3.53. The molecule has 0 aromatic carbocycles. The van der Waals surface area contributed by atoms with Gasteiger partial charge in [0.05, 0.1) is 0 Å². The summed E-state index contributed by atoms with van der Waals surface area (Å²) in [6.07, 6.45) is 1.60. The van der Waals surface area contributed by atoms with Crippen molar-refractivity contribution in [2.45, 2.75) is 58.7 Å². The maximum Gasteiger partial charge on any atom is 0.223 e. The van der Waals surface area contributed by atoms with Crippen LogP contribution in [-0.2, 0) is 4.79 Å². The third kappa shape index (κ3) is 2.08. The molecule has 2 N–H and O–H groups in total. The van der Waals surface area contributed by atoms with E-state index in [2.05, 4.69) is 27.7 Å². The highest BCUT2D eigenvalue weighted by atomic mass is 16.2. The van der Waals surface area contributed by atoms with Crippen LogP contribution in [0.5, 0.6) is 0 Å². The zero-order chi connectivity index (χ0) is 10.9. The Bertz CT molecular complexity index is 213. The van der Waals surface area contributed by atoms with Crippen LogP contribution in [0.25, 0.3) is 0 Å². The first-order valence-electron chi connectivity index (χ1n) is 5.52. The summed E-state index contributed by atoms with van der Waals surface area (Å²) < 4.78 is 0. The molecule has 0 spiro atoms. The predicted octanol–water partition coefficient (Wildman–Crippen LogP) is 1.37. The lowest BCUT2D eigenvalue weighted by Crippen LogP contribution is -2.50. The van der Waals surface area contributed by atoms with Crippen LogP contribution in [0.15, 0.2) is 0 Å². The summed E-state index contributed by atoms with van der Waals surface area (Å²) in [6.45, 7) is 8.35. The summed E-state index contributed by atoms with van der Waals surface area (Å²) >= 11 is 0. The minimum Gasteiger partial charge on any atom is -0.336 e. The van der Waals surface area contributed by atoms with Crippen LogP contribution in [0.3, 0.4) is 0 Å². The average Bonchev–Trinajstić information content (AvgIpc) is 2.45. The molecule has 1 rings (SSSR count). The van der Waals surface area contributed by atoms with Crippen LogP contribution >= 0.6 is 0 Å². The van der Waals surface area contributed by atoms with E-state index >= 15 is 0 Å². The first-order chi connectivity index (χ1) is 6.45. The minimum atomic E-state index is 0.115. The van der Waals surface area contributed by atoms with Gasteiger partial charge in [-0.3, -0.25) is 4.79 Å². The summed E-state index contributed by atoms with van der Waals surface area (Å²) in [7, 11) is 0. The van der Waals surface area contributed by atoms with E-state index < -0.39 is 0 Å². The molecule has 3 nitrogen and oxygen atoms in total. The molecule has 0 saturated carbocycles. The van der Waals surface area contributed by atoms with Crippen molar-refractivity contribution in [2.24, 2.45) is 11.7 Å². The molecule has 1 fully saturated rings. The number of hydrogen-bond donors (Lipinski definition) is 1. The van der Waals surface area contributed by atoms with Gasteiger partial charge in [0.1, 0.15) is 0 Å². The Morgan fingerprint density at radius 3 is 2.36 bits per heavy atom. The largest absolute Gasteiger partial charge is 0.336 e. The standard InChI is InChI=1S/C11H22N2O/c1-7(2)11(12)9-5-6-10(14)13(9)8(3)4/h7-9,11H,5-6,12H2,1-4H3. The average molecular weight is 198 g/mol. The van der Waals surface area contributed by atoms with Crippen molar-refractivity contribution < 1.29 is 4.79 Å². The minimum absolute atomic E-state index is 0.115. The molecule has 0 aromatic rings. The molecule has 14 heavy (non-hydrogen) atoms. The molecule has 3 heteroatoms. The molecule has 2 atom stereocenters. The fourth-order valence-electron chi connectivity index (χ4n) is 2.22. The SMILES string of the molecule is CC(C)C(N)C1CCC(=O)N1C(C)C. The fourth-order valence-corrected chi connectivity index (χ4v) is 2.22. The third-order valence-corrected chi connectivity index (χ3v) is 3.07. The Morgan fingerprint density at radius 2 is 1.93 bits per heavy atom. The van der Waals surface area contributed by atoms with Crippen LogP contribution in [0.2, 0.25) is 0 Å². The number of hydrogen-bond acceptors (Lipinski definition) is 2. The summed E-state index contributed by atoms with van der Waals surface area (Å²) in [4.78, 5) is 13.6. The smallest absolute Gasteiger partial charge is 0.223 e. The third-order valence-electron chi connectivity index (χ3n) is 3.07. The maximum atomic E-state index is 11.6. The highest BCUT2D eigenvalue weighted by Crippen LogP contribution is 2.25. The van der Waals surface area contributed by atoms with Crippen molar-refractivity contribution in [3.63, 3.8) is 0 Å². The van der Waals surface area contributed by atoms with Crippen molar-refractivity contribution in [1.29, 1.82) is 0 Å². The number of carbonyl (C=O) groups excluding carboxylic acids is 1. The molecule has 82 valence electrons. The van der Waals surface area contributed by atoms with E-state index in [1.807, 2.05) is 4.90 Å². The quantitative estimate of drug-likeness (QED) is 0.744. The molecule has 1 aliphatic heterocycles. The topological polar surface area (TPSA) is 46.3 Å². The number of amides is 1. The highest BCUT2D eigenvalue weighted by Gasteiger charge is 2.37. The van der Waals surface area contributed by atoms with Crippen molar-refractivity contribution in [2.75, 3.05) is 0 Å². The fraction of sp³-hybridized carbons (Fsp3) is 0.909. The molecule has 1 saturated heterocycles. The lowest BCUT2D eigenvalue weighted by atomic mass is 9.95. The van der Waals surface area contributed by atoms with Gasteiger partial charge in [-0.05, 0) is 26.2 Å². The van der Waals surface area contributed by atoms with Crippen molar-refractivity contribution in [3.05, 3.63) is 0 Å². The lowest BCUT2D eigenvalue weighted by molar-refractivity contribution is -0.131. The van der Waals surface area contributed by atoms with Crippen molar-refractivity contribution in [3.8, 4) is 0 Å². The van der Waals surface area contributed by atoms with Gasteiger partial charge in [-0.25, -0.2) is 0 Å². The van der Waals surface area contributed by atoms with Gasteiger partial charge in [0.15, 0.2) is 0 Å². The summed E-state index contributed by atoms with van der Waals surface area (Å²) in [5.74, 6) is 0.702. The van der Waals surface area contributed by atoms with E-state index in [0.717, 1.165) is 6.42 Å². The van der Waals surface area contributed by atoms with Crippen LogP contribution < -0.4 is 5.73 Å². The van der Waals surface area contributed by atoms with E-state index in [1.165, 1.54) is 0 Å². The molecule has 1 heterocycles. The Hall–Kier alpha value is -0.570. The van der Waals surface area contributed by atoms with E-state index in [4.69, 9.17) is 5.73 Å². The zero-order valence-corrected chi connectivity index (χ0v) is 9.66. The van der Waals surface area contributed by atoms with Crippen LogP contribution in [-0.4, -0.2) is 28.9 Å². The van der Waals surface area contributed by atoms with Gasteiger partial charge in [-0.1, -0.05) is 13.8 Å². The summed E-state index contributed by atoms with van der Waals surface area (Å²) in [5.41, 5.74) is 6.12. The van der Waals surface area contributed by atoms with E-state index in [-0.39, 0.29) is 24.0 Å². The second-order valence-electron chi connectivity index (χ2n) is 4.82. The maximum absolute atomic E-state index is 11.6. The molecule has 2 unspecified atom stereocenters. The number of likely N-dealkylation sites (tertiary alicyclic amines) is 1. The predicted molar refractivity (Wildman–Crippen MR) is 57.8 cm³/mol. The van der Waals surface area contributed by atoms with Gasteiger partial charge in [0.2, 0.25) is 5.91 Å². The second kappa shape index (κ2) is 4.30. The monoisotopic (exact) mass is 198 g/mol. The van der Waals surface area contributed by atoms with Gasteiger partial charge < -0.3 is 10.6 Å². The van der Waals surface area contributed by atoms with E-state index in [0.29, 0.717) is 12.3 Å². The van der Waals surface area contributed by atoms with Crippen molar-refractivity contribution in [1.82, 2.24) is 4.90 Å². The first-order valence-corrected chi connectivity index (χ1v) is 5.52. The molecule has 0 aromatic heterocycles. The number of carbonyl (C=O) groups is 1. The zero-order valence-electron chi connectivity index (χ0n) is 9.66. The van der Waals surface area contributed by atoms with Crippen LogP contribution in [0, 0.1) is 5.92 Å². The molecular formula is C11H22N2O. The second-order valence-corrected chi connectivity index (χ2v) is 4.82. The Labute approximate surface area is 86.6 Å². The summed E-state index contributed by atoms with van der Waals surface area (Å²) in [6, 6.07) is 0.645. The van der Waals surface area contributed by atoms with Gasteiger partial charge in [-0.2, -0.15) is 0 Å². The first kappa shape index (κ1) is 11.5. The normalized spacial score (nSPS) is 25.2. The number of nitrogens with two attached hydrogens (primary N) is 1. The van der Waals surface area contributed by atoms with Gasteiger partial charge in [-0.15, -0.1) is 0 Å².